The summed E-state index contributed by atoms with van der Waals surface area (Å²) < 4.78 is 34.6. The standard InChI is InChI=1S/C13H21NO5S/c1-9(2)8-19-14-20(15,16)13-7-12(18-5)11(17-4)6-10(13)3/h6-7,9,14H,8H2,1-5H3. The van der Waals surface area contributed by atoms with Gasteiger partial charge in [-0.2, -0.15) is 0 Å². The molecule has 0 saturated heterocycles. The Morgan fingerprint density at radius 2 is 1.70 bits per heavy atom. The molecule has 0 unspecified atom stereocenters. The highest BCUT2D eigenvalue weighted by atomic mass is 32.2. The number of nitrogens with one attached hydrogen (secondary N) is 1. The molecule has 0 radical (unpaired) electrons. The van der Waals surface area contributed by atoms with Crippen LogP contribution in [0, 0.1) is 12.8 Å². The third kappa shape index (κ3) is 4.09. The molecule has 0 aliphatic carbocycles. The van der Waals surface area contributed by atoms with Gasteiger partial charge in [-0.25, -0.2) is 8.42 Å². The topological polar surface area (TPSA) is 73.9 Å². The molecular formula is C13H21NO5S. The van der Waals surface area contributed by atoms with Crippen molar-refractivity contribution >= 4 is 10.0 Å². The van der Waals surface area contributed by atoms with E-state index in [4.69, 9.17) is 14.3 Å². The molecule has 1 rings (SSSR count). The molecule has 20 heavy (non-hydrogen) atoms. The molecule has 6 nitrogen and oxygen atoms in total. The van der Waals surface area contributed by atoms with Crippen LogP contribution in [0.2, 0.25) is 0 Å². The molecular weight excluding hydrogens is 282 g/mol. The summed E-state index contributed by atoms with van der Waals surface area (Å²) in [4.78, 5) is 7.20. The van der Waals surface area contributed by atoms with Gasteiger partial charge in [0.25, 0.3) is 10.0 Å². The Bertz CT molecular complexity index is 554. The Morgan fingerprint density at radius 3 is 2.20 bits per heavy atom. The van der Waals surface area contributed by atoms with E-state index in [1.807, 2.05) is 13.8 Å². The van der Waals surface area contributed by atoms with Crippen molar-refractivity contribution in [1.29, 1.82) is 0 Å². The zero-order valence-corrected chi connectivity index (χ0v) is 13.2. The number of rotatable bonds is 7. The van der Waals surface area contributed by atoms with E-state index in [-0.39, 0.29) is 10.8 Å². The molecule has 1 N–H and O–H groups in total. The number of methoxy groups -OCH3 is 2. The van der Waals surface area contributed by atoms with Crippen LogP contribution in [0.3, 0.4) is 0 Å². The second-order valence-electron chi connectivity index (χ2n) is 4.76. The monoisotopic (exact) mass is 303 g/mol. The Balaban J connectivity index is 3.05. The largest absolute Gasteiger partial charge is 0.493 e. The predicted octanol–water partition coefficient (Wildman–Crippen LogP) is 1.88. The minimum absolute atomic E-state index is 0.0962. The van der Waals surface area contributed by atoms with Gasteiger partial charge in [0, 0.05) is 6.07 Å². The third-order valence-corrected chi connectivity index (χ3v) is 3.91. The maximum atomic E-state index is 12.2. The lowest BCUT2D eigenvalue weighted by atomic mass is 10.2. The highest BCUT2D eigenvalue weighted by Gasteiger charge is 2.20. The molecule has 0 fully saturated rings. The molecule has 7 heteroatoms. The van der Waals surface area contributed by atoms with Gasteiger partial charge in [-0.1, -0.05) is 18.7 Å². The third-order valence-electron chi connectivity index (χ3n) is 2.56. The molecule has 0 spiro atoms. The van der Waals surface area contributed by atoms with Crippen LogP contribution in [0.15, 0.2) is 17.0 Å². The summed E-state index contributed by atoms with van der Waals surface area (Å²) in [6, 6.07) is 3.02. The van der Waals surface area contributed by atoms with E-state index in [9.17, 15) is 8.42 Å². The molecule has 0 saturated carbocycles. The molecule has 0 bridgehead atoms. The van der Waals surface area contributed by atoms with Crippen molar-refractivity contribution in [3.8, 4) is 11.5 Å². The maximum absolute atomic E-state index is 12.2. The molecule has 0 aromatic heterocycles. The van der Waals surface area contributed by atoms with Gasteiger partial charge in [0.1, 0.15) is 0 Å². The van der Waals surface area contributed by atoms with Crippen molar-refractivity contribution in [2.75, 3.05) is 20.8 Å². The van der Waals surface area contributed by atoms with E-state index in [2.05, 4.69) is 4.89 Å². The second kappa shape index (κ2) is 6.92. The zero-order valence-electron chi connectivity index (χ0n) is 12.4. The summed E-state index contributed by atoms with van der Waals surface area (Å²) in [6.07, 6.45) is 0. The first-order valence-corrected chi connectivity index (χ1v) is 7.66. The number of hydrogen-bond donors (Lipinski definition) is 1. The van der Waals surface area contributed by atoms with Gasteiger partial charge in [0.2, 0.25) is 0 Å². The van der Waals surface area contributed by atoms with Crippen LogP contribution in [0.1, 0.15) is 19.4 Å². The Kier molecular flexibility index (Phi) is 5.79. The first kappa shape index (κ1) is 16.7. The van der Waals surface area contributed by atoms with Crippen molar-refractivity contribution in [2.45, 2.75) is 25.7 Å². The summed E-state index contributed by atoms with van der Waals surface area (Å²) >= 11 is 0. The van der Waals surface area contributed by atoms with E-state index in [1.165, 1.54) is 20.3 Å². The molecule has 0 amide bonds. The lowest BCUT2D eigenvalue weighted by Crippen LogP contribution is -2.26. The minimum Gasteiger partial charge on any atom is -0.493 e. The minimum atomic E-state index is -3.75. The highest BCUT2D eigenvalue weighted by Crippen LogP contribution is 2.32. The fraction of sp³-hybridized carbons (Fsp3) is 0.538. The quantitative estimate of drug-likeness (QED) is 0.779. The molecule has 1 aromatic rings. The summed E-state index contributed by atoms with van der Waals surface area (Å²) in [6.45, 7) is 5.83. The highest BCUT2D eigenvalue weighted by molar-refractivity contribution is 7.89. The smallest absolute Gasteiger partial charge is 0.262 e. The van der Waals surface area contributed by atoms with Gasteiger partial charge in [0.15, 0.2) is 11.5 Å². The second-order valence-corrected chi connectivity index (χ2v) is 6.38. The SMILES string of the molecule is COc1cc(C)c(S(=O)(=O)NOCC(C)C)cc1OC. The van der Waals surface area contributed by atoms with Crippen LogP contribution >= 0.6 is 0 Å². The van der Waals surface area contributed by atoms with Crippen molar-refractivity contribution in [3.63, 3.8) is 0 Å². The molecule has 114 valence electrons. The Hall–Kier alpha value is -1.31. The van der Waals surface area contributed by atoms with E-state index in [1.54, 1.807) is 13.0 Å². The van der Waals surface area contributed by atoms with E-state index in [0.717, 1.165) is 0 Å². The summed E-state index contributed by atoms with van der Waals surface area (Å²) in [5.74, 6) is 1.05. The fourth-order valence-corrected chi connectivity index (χ4v) is 2.63. The molecule has 0 aliphatic heterocycles. The van der Waals surface area contributed by atoms with Crippen LogP contribution in [-0.2, 0) is 14.9 Å². The van der Waals surface area contributed by atoms with Crippen LogP contribution in [-0.4, -0.2) is 29.2 Å². The van der Waals surface area contributed by atoms with Gasteiger partial charge >= 0.3 is 0 Å². The average Bonchev–Trinajstić information content (AvgIpc) is 2.37. The summed E-state index contributed by atoms with van der Waals surface area (Å²) in [7, 11) is -0.806. The van der Waals surface area contributed by atoms with Gasteiger partial charge in [-0.05, 0) is 24.5 Å². The lowest BCUT2D eigenvalue weighted by Gasteiger charge is -2.14. The Labute approximate surface area is 120 Å². The van der Waals surface area contributed by atoms with Crippen LogP contribution in [0.5, 0.6) is 11.5 Å². The number of ether oxygens (including phenoxy) is 2. The van der Waals surface area contributed by atoms with Crippen molar-refractivity contribution in [2.24, 2.45) is 5.92 Å². The van der Waals surface area contributed by atoms with E-state index in [0.29, 0.717) is 23.7 Å². The van der Waals surface area contributed by atoms with Crippen LogP contribution in [0.25, 0.3) is 0 Å². The molecule has 1 aromatic carbocycles. The average molecular weight is 303 g/mol. The van der Waals surface area contributed by atoms with Gasteiger partial charge in [0.05, 0.1) is 25.7 Å². The number of benzene rings is 1. The normalized spacial score (nSPS) is 11.7. The molecule has 0 heterocycles. The van der Waals surface area contributed by atoms with Gasteiger partial charge < -0.3 is 9.47 Å². The van der Waals surface area contributed by atoms with E-state index >= 15 is 0 Å². The Morgan fingerprint density at radius 1 is 1.15 bits per heavy atom. The van der Waals surface area contributed by atoms with Crippen LogP contribution in [0.4, 0.5) is 0 Å². The number of aryl methyl sites for hydroxylation is 1. The van der Waals surface area contributed by atoms with Crippen LogP contribution < -0.4 is 14.4 Å². The zero-order chi connectivity index (χ0) is 15.3. The van der Waals surface area contributed by atoms with Crippen molar-refractivity contribution in [3.05, 3.63) is 17.7 Å². The number of sulfonamides is 1. The van der Waals surface area contributed by atoms with Gasteiger partial charge in [-0.3, -0.25) is 4.84 Å². The maximum Gasteiger partial charge on any atom is 0.262 e. The fourth-order valence-electron chi connectivity index (χ4n) is 1.57. The lowest BCUT2D eigenvalue weighted by molar-refractivity contribution is 0.0718. The van der Waals surface area contributed by atoms with E-state index < -0.39 is 10.0 Å². The molecule has 0 aliphatic rings. The van der Waals surface area contributed by atoms with Gasteiger partial charge in [-0.15, -0.1) is 0 Å². The predicted molar refractivity (Wildman–Crippen MR) is 75.4 cm³/mol. The first-order chi connectivity index (χ1) is 9.31. The number of hydrogen-bond acceptors (Lipinski definition) is 5. The van der Waals surface area contributed by atoms with Crippen molar-refractivity contribution in [1.82, 2.24) is 4.89 Å². The first-order valence-electron chi connectivity index (χ1n) is 6.18. The summed E-state index contributed by atoms with van der Waals surface area (Å²) in [5.41, 5.74) is 0.545. The van der Waals surface area contributed by atoms with Crippen molar-refractivity contribution < 1.29 is 22.7 Å². The molecule has 0 atom stereocenters. The summed E-state index contributed by atoms with van der Waals surface area (Å²) in [5, 5.41) is 0.